The van der Waals surface area contributed by atoms with E-state index in [4.69, 9.17) is 0 Å². The Morgan fingerprint density at radius 1 is 1.16 bits per heavy atom. The van der Waals surface area contributed by atoms with Crippen molar-refractivity contribution in [2.75, 3.05) is 0 Å². The maximum absolute atomic E-state index is 9.74. The largest absolute Gasteiger partial charge is 0.387 e. The summed E-state index contributed by atoms with van der Waals surface area (Å²) >= 11 is 0. The predicted octanol–water partition coefficient (Wildman–Crippen LogP) is 2.86. The topological polar surface area (TPSA) is 50.9 Å². The molecule has 1 N–H and O–H groups in total. The van der Waals surface area contributed by atoms with Gasteiger partial charge >= 0.3 is 0 Å². The highest BCUT2D eigenvalue weighted by molar-refractivity contribution is 5.79. The highest BCUT2D eigenvalue weighted by atomic mass is 16.3. The molecule has 1 unspecified atom stereocenters. The quantitative estimate of drug-likeness (QED) is 0.780. The molecule has 96 valence electrons. The summed E-state index contributed by atoms with van der Waals surface area (Å²) in [7, 11) is 0. The molecule has 0 aliphatic rings. The number of para-hydroxylation sites is 1. The normalized spacial score (nSPS) is 12.7. The summed E-state index contributed by atoms with van der Waals surface area (Å²) in [6.07, 6.45) is 3.75. The summed E-state index contributed by atoms with van der Waals surface area (Å²) in [6.45, 7) is 1.93. The second-order valence-corrected chi connectivity index (χ2v) is 4.48. The van der Waals surface area contributed by atoms with Crippen LogP contribution in [0.25, 0.3) is 16.6 Å². The Balaban J connectivity index is 2.02. The highest BCUT2D eigenvalue weighted by Crippen LogP contribution is 2.19. The number of hydrogen-bond donors (Lipinski definition) is 1. The van der Waals surface area contributed by atoms with Gasteiger partial charge in [0.2, 0.25) is 0 Å². The molecule has 2 aromatic heterocycles. The van der Waals surface area contributed by atoms with E-state index in [1.807, 2.05) is 54.2 Å². The monoisotopic (exact) mass is 253 g/mol. The van der Waals surface area contributed by atoms with E-state index in [2.05, 4.69) is 10.1 Å². The van der Waals surface area contributed by atoms with E-state index in [0.29, 0.717) is 12.1 Å². The number of hydrogen-bond acceptors (Lipinski definition) is 3. The lowest BCUT2D eigenvalue weighted by Crippen LogP contribution is -2.01. The van der Waals surface area contributed by atoms with Gasteiger partial charge in [-0.15, -0.1) is 0 Å². The second kappa shape index (κ2) is 4.82. The van der Waals surface area contributed by atoms with E-state index < -0.39 is 6.10 Å². The molecule has 1 atom stereocenters. The number of rotatable bonds is 3. The van der Waals surface area contributed by atoms with Crippen LogP contribution < -0.4 is 0 Å². The van der Waals surface area contributed by atoms with Crippen molar-refractivity contribution in [3.05, 3.63) is 54.5 Å². The number of fused-ring (bicyclic) bond motifs is 1. The lowest BCUT2D eigenvalue weighted by Gasteiger charge is -2.08. The summed E-state index contributed by atoms with van der Waals surface area (Å²) in [6, 6.07) is 11.8. The van der Waals surface area contributed by atoms with Crippen molar-refractivity contribution >= 4 is 10.9 Å². The molecule has 0 radical (unpaired) electrons. The van der Waals surface area contributed by atoms with Crippen LogP contribution >= 0.6 is 0 Å². The predicted molar refractivity (Wildman–Crippen MR) is 74.1 cm³/mol. The van der Waals surface area contributed by atoms with Crippen LogP contribution in [0.15, 0.2) is 48.8 Å². The van der Waals surface area contributed by atoms with Crippen LogP contribution in [0.5, 0.6) is 0 Å². The zero-order chi connectivity index (χ0) is 13.2. The Morgan fingerprint density at radius 3 is 2.74 bits per heavy atom. The number of nitrogens with zero attached hydrogens (tertiary/aromatic N) is 3. The minimum Gasteiger partial charge on any atom is -0.387 e. The van der Waals surface area contributed by atoms with Crippen molar-refractivity contribution < 1.29 is 5.11 Å². The third kappa shape index (κ3) is 2.11. The molecule has 1 aromatic carbocycles. The zero-order valence-corrected chi connectivity index (χ0v) is 10.7. The van der Waals surface area contributed by atoms with E-state index in [9.17, 15) is 5.11 Å². The molecule has 4 nitrogen and oxygen atoms in total. The van der Waals surface area contributed by atoms with E-state index in [1.165, 1.54) is 0 Å². The summed E-state index contributed by atoms with van der Waals surface area (Å²) < 4.78 is 1.85. The average Bonchev–Trinajstić information content (AvgIpc) is 2.90. The van der Waals surface area contributed by atoms with Crippen LogP contribution in [0.2, 0.25) is 0 Å². The smallest absolute Gasteiger partial charge is 0.0957 e. The number of aliphatic hydroxyl groups is 1. The third-order valence-electron chi connectivity index (χ3n) is 3.22. The van der Waals surface area contributed by atoms with E-state index in [-0.39, 0.29) is 0 Å². The van der Waals surface area contributed by atoms with Crippen molar-refractivity contribution in [2.24, 2.45) is 0 Å². The van der Waals surface area contributed by atoms with Gasteiger partial charge in [-0.3, -0.25) is 4.98 Å². The van der Waals surface area contributed by atoms with Gasteiger partial charge in [-0.25, -0.2) is 4.68 Å². The average molecular weight is 253 g/mol. The molecule has 0 saturated carbocycles. The van der Waals surface area contributed by atoms with Gasteiger partial charge in [0.25, 0.3) is 0 Å². The van der Waals surface area contributed by atoms with Crippen molar-refractivity contribution in [1.82, 2.24) is 14.8 Å². The fourth-order valence-electron chi connectivity index (χ4n) is 2.11. The van der Waals surface area contributed by atoms with Gasteiger partial charge in [-0.1, -0.05) is 25.1 Å². The van der Waals surface area contributed by atoms with Crippen LogP contribution in [-0.2, 0) is 0 Å². The molecule has 0 aliphatic heterocycles. The Kier molecular flexibility index (Phi) is 3.01. The van der Waals surface area contributed by atoms with Crippen LogP contribution in [0.4, 0.5) is 0 Å². The summed E-state index contributed by atoms with van der Waals surface area (Å²) in [4.78, 5) is 4.30. The van der Waals surface area contributed by atoms with Gasteiger partial charge in [0.05, 0.1) is 35.4 Å². The van der Waals surface area contributed by atoms with E-state index in [1.54, 1.807) is 6.20 Å². The Hall–Kier alpha value is -2.20. The molecule has 3 rings (SSSR count). The van der Waals surface area contributed by atoms with Crippen LogP contribution in [0.1, 0.15) is 25.1 Å². The molecular formula is C15H15N3O. The van der Waals surface area contributed by atoms with Crippen molar-refractivity contribution in [3.8, 4) is 5.69 Å². The lowest BCUT2D eigenvalue weighted by molar-refractivity contribution is 0.169. The highest BCUT2D eigenvalue weighted by Gasteiger charge is 2.08. The maximum Gasteiger partial charge on any atom is 0.0957 e. The first-order valence-electron chi connectivity index (χ1n) is 6.36. The van der Waals surface area contributed by atoms with E-state index >= 15 is 0 Å². The molecule has 0 bridgehead atoms. The fourth-order valence-corrected chi connectivity index (χ4v) is 2.11. The molecular weight excluding hydrogens is 238 g/mol. The zero-order valence-electron chi connectivity index (χ0n) is 10.7. The van der Waals surface area contributed by atoms with Gasteiger partial charge in [0, 0.05) is 5.39 Å². The van der Waals surface area contributed by atoms with Gasteiger partial charge < -0.3 is 5.11 Å². The Bertz CT molecular complexity index is 688. The molecule has 0 amide bonds. The summed E-state index contributed by atoms with van der Waals surface area (Å²) in [5.41, 5.74) is 2.64. The molecule has 0 saturated heterocycles. The minimum absolute atomic E-state index is 0.497. The Labute approximate surface area is 111 Å². The van der Waals surface area contributed by atoms with Crippen molar-refractivity contribution in [1.29, 1.82) is 0 Å². The number of aliphatic hydroxyl groups excluding tert-OH is 1. The Morgan fingerprint density at radius 2 is 2.00 bits per heavy atom. The fraction of sp³-hybridized carbons (Fsp3) is 0.200. The number of benzene rings is 1. The van der Waals surface area contributed by atoms with Crippen molar-refractivity contribution in [3.63, 3.8) is 0 Å². The first-order valence-corrected chi connectivity index (χ1v) is 6.36. The molecule has 3 aromatic rings. The third-order valence-corrected chi connectivity index (χ3v) is 3.22. The first kappa shape index (κ1) is 11.9. The molecule has 19 heavy (non-hydrogen) atoms. The standard InChI is InChI=1S/C15H15N3O/c1-2-15(19)13-8-7-12(10-16-13)18-14-6-4-3-5-11(14)9-17-18/h3-10,15,19H,2H2,1H3. The molecule has 0 aliphatic carbocycles. The molecule has 2 heterocycles. The first-order chi connectivity index (χ1) is 9.29. The summed E-state index contributed by atoms with van der Waals surface area (Å²) in [5.74, 6) is 0. The van der Waals surface area contributed by atoms with Crippen LogP contribution in [0.3, 0.4) is 0 Å². The van der Waals surface area contributed by atoms with Crippen LogP contribution in [-0.4, -0.2) is 19.9 Å². The van der Waals surface area contributed by atoms with Gasteiger partial charge in [-0.2, -0.15) is 5.10 Å². The SMILES string of the molecule is CCC(O)c1ccc(-n2ncc3ccccc32)cn1. The maximum atomic E-state index is 9.74. The number of aromatic nitrogens is 3. The number of pyridine rings is 1. The minimum atomic E-state index is -0.497. The molecule has 0 fully saturated rings. The van der Waals surface area contributed by atoms with Gasteiger partial charge in [0.1, 0.15) is 0 Å². The van der Waals surface area contributed by atoms with Gasteiger partial charge in [0.15, 0.2) is 0 Å². The summed E-state index contributed by atoms with van der Waals surface area (Å²) in [5, 5.41) is 15.2. The second-order valence-electron chi connectivity index (χ2n) is 4.48. The molecule has 4 heteroatoms. The molecule has 0 spiro atoms. The lowest BCUT2D eigenvalue weighted by atomic mass is 10.2. The van der Waals surface area contributed by atoms with Crippen LogP contribution in [0, 0.1) is 0 Å². The van der Waals surface area contributed by atoms with Crippen molar-refractivity contribution in [2.45, 2.75) is 19.4 Å². The van der Waals surface area contributed by atoms with E-state index in [0.717, 1.165) is 16.6 Å². The van der Waals surface area contributed by atoms with Gasteiger partial charge in [-0.05, 0) is 24.6 Å².